The van der Waals surface area contributed by atoms with Crippen molar-refractivity contribution in [2.75, 3.05) is 23.0 Å². The van der Waals surface area contributed by atoms with Gasteiger partial charge in [-0.05, 0) is 6.42 Å². The van der Waals surface area contributed by atoms with Crippen molar-refractivity contribution in [2.24, 2.45) is 0 Å². The Morgan fingerprint density at radius 3 is 1.67 bits per heavy atom. The van der Waals surface area contributed by atoms with E-state index in [2.05, 4.69) is 0 Å². The molecule has 2 unspecified atom stereocenters. The van der Waals surface area contributed by atoms with Crippen LogP contribution in [-0.4, -0.2) is 31.4 Å². The molecule has 0 N–H and O–H groups in total. The van der Waals surface area contributed by atoms with E-state index in [4.69, 9.17) is 0 Å². The Morgan fingerprint density at radius 2 is 1.22 bits per heavy atom. The molecular formula is C5H10O2S2. The summed E-state index contributed by atoms with van der Waals surface area (Å²) in [6, 6.07) is 0. The minimum absolute atomic E-state index is 0.645. The predicted octanol–water partition coefficient (Wildman–Crippen LogP) is -0.112. The first-order valence-corrected chi connectivity index (χ1v) is 5.96. The molecule has 0 aliphatic carbocycles. The van der Waals surface area contributed by atoms with Crippen LogP contribution in [0.2, 0.25) is 0 Å². The Labute approximate surface area is 59.9 Å². The van der Waals surface area contributed by atoms with Gasteiger partial charge in [-0.3, -0.25) is 8.42 Å². The molecule has 54 valence electrons. The van der Waals surface area contributed by atoms with Gasteiger partial charge in [-0.1, -0.05) is 0 Å². The van der Waals surface area contributed by atoms with Crippen molar-refractivity contribution >= 4 is 21.6 Å². The first-order valence-electron chi connectivity index (χ1n) is 2.99. The van der Waals surface area contributed by atoms with Crippen molar-refractivity contribution in [3.63, 3.8) is 0 Å². The van der Waals surface area contributed by atoms with Crippen molar-refractivity contribution in [1.82, 2.24) is 0 Å². The van der Waals surface area contributed by atoms with Gasteiger partial charge < -0.3 is 0 Å². The molecule has 0 radical (unpaired) electrons. The van der Waals surface area contributed by atoms with Crippen LogP contribution in [0.25, 0.3) is 0 Å². The summed E-state index contributed by atoms with van der Waals surface area (Å²) in [6.45, 7) is 0. The van der Waals surface area contributed by atoms with Crippen molar-refractivity contribution in [1.29, 1.82) is 0 Å². The molecule has 0 spiro atoms. The van der Waals surface area contributed by atoms with Crippen LogP contribution in [0.3, 0.4) is 0 Å². The molecular weight excluding hydrogens is 156 g/mol. The first-order chi connectivity index (χ1) is 4.29. The van der Waals surface area contributed by atoms with Gasteiger partial charge in [0.1, 0.15) is 0 Å². The molecule has 2 nitrogen and oxygen atoms in total. The number of hydrogen-bond acceptors (Lipinski definition) is 2. The second kappa shape index (κ2) is 3.46. The van der Waals surface area contributed by atoms with E-state index in [0.29, 0.717) is 11.5 Å². The third kappa shape index (κ3) is 2.58. The highest BCUT2D eigenvalue weighted by atomic mass is 32.2. The lowest BCUT2D eigenvalue weighted by Gasteiger charge is -1.89. The fraction of sp³-hybridized carbons (Fsp3) is 1.00. The summed E-state index contributed by atoms with van der Waals surface area (Å²) in [6.07, 6.45) is 0.874. The normalized spacial score (nSPS) is 37.8. The second-order valence-electron chi connectivity index (χ2n) is 2.05. The largest absolute Gasteiger partial charge is 0.260 e. The maximum absolute atomic E-state index is 10.8. The first kappa shape index (κ1) is 7.41. The van der Waals surface area contributed by atoms with Gasteiger partial charge in [-0.25, -0.2) is 0 Å². The SMILES string of the molecule is O=S1CCCS(=O)CC1. The predicted molar refractivity (Wildman–Crippen MR) is 40.4 cm³/mol. The van der Waals surface area contributed by atoms with Gasteiger partial charge >= 0.3 is 0 Å². The van der Waals surface area contributed by atoms with Crippen LogP contribution in [0.4, 0.5) is 0 Å². The molecule has 0 aromatic carbocycles. The van der Waals surface area contributed by atoms with Crippen LogP contribution in [0.1, 0.15) is 6.42 Å². The standard InChI is InChI=1S/C5H10O2S2/c6-8-2-1-3-9(7)5-4-8/h1-5H2. The third-order valence-corrected chi connectivity index (χ3v) is 4.35. The number of hydrogen-bond donors (Lipinski definition) is 0. The zero-order valence-electron chi connectivity index (χ0n) is 5.17. The zero-order chi connectivity index (χ0) is 6.69. The average Bonchev–Trinajstić information content (AvgIpc) is 1.97. The highest BCUT2D eigenvalue weighted by Crippen LogP contribution is 1.98. The van der Waals surface area contributed by atoms with E-state index in [9.17, 15) is 8.42 Å². The van der Waals surface area contributed by atoms with E-state index in [1.165, 1.54) is 0 Å². The highest BCUT2D eigenvalue weighted by Gasteiger charge is 2.09. The lowest BCUT2D eigenvalue weighted by molar-refractivity contribution is 0.682. The van der Waals surface area contributed by atoms with E-state index in [-0.39, 0.29) is 0 Å². The Morgan fingerprint density at radius 1 is 0.778 bits per heavy atom. The summed E-state index contributed by atoms with van der Waals surface area (Å²) in [7, 11) is -1.34. The molecule has 0 aromatic rings. The molecule has 0 aromatic heterocycles. The van der Waals surface area contributed by atoms with Gasteiger partial charge in [0.05, 0.1) is 0 Å². The van der Waals surface area contributed by atoms with Crippen molar-refractivity contribution in [2.45, 2.75) is 6.42 Å². The summed E-state index contributed by atoms with van der Waals surface area (Å²) < 4.78 is 21.6. The molecule has 2 atom stereocenters. The molecule has 9 heavy (non-hydrogen) atoms. The fourth-order valence-corrected chi connectivity index (χ4v) is 3.78. The average molecular weight is 166 g/mol. The Bertz CT molecular complexity index is 128. The molecule has 1 aliphatic rings. The molecule has 0 amide bonds. The van der Waals surface area contributed by atoms with Gasteiger partial charge in [0.2, 0.25) is 0 Å². The summed E-state index contributed by atoms with van der Waals surface area (Å²) in [5, 5.41) is 0. The topological polar surface area (TPSA) is 34.1 Å². The molecule has 0 saturated carbocycles. The van der Waals surface area contributed by atoms with Gasteiger partial charge in [0.15, 0.2) is 0 Å². The smallest absolute Gasteiger partial charge is 0.0350 e. The monoisotopic (exact) mass is 166 g/mol. The second-order valence-corrected chi connectivity index (χ2v) is 5.44. The summed E-state index contributed by atoms with van der Waals surface area (Å²) in [5.74, 6) is 2.80. The van der Waals surface area contributed by atoms with Crippen LogP contribution in [0, 0.1) is 0 Å². The maximum Gasteiger partial charge on any atom is 0.0350 e. The molecule has 1 heterocycles. The van der Waals surface area contributed by atoms with Gasteiger partial charge in [-0.15, -0.1) is 0 Å². The minimum Gasteiger partial charge on any atom is -0.260 e. The molecule has 1 aliphatic heterocycles. The zero-order valence-corrected chi connectivity index (χ0v) is 6.80. The Kier molecular flexibility index (Phi) is 2.85. The molecule has 1 fully saturated rings. The van der Waals surface area contributed by atoms with E-state index in [1.807, 2.05) is 0 Å². The van der Waals surface area contributed by atoms with Crippen LogP contribution in [0.15, 0.2) is 0 Å². The fourth-order valence-electron chi connectivity index (χ4n) is 0.771. The Hall–Kier alpha value is 0.300. The van der Waals surface area contributed by atoms with E-state index in [0.717, 1.165) is 17.9 Å². The molecule has 0 bridgehead atoms. The van der Waals surface area contributed by atoms with Crippen LogP contribution >= 0.6 is 0 Å². The Balaban J connectivity index is 2.43. The van der Waals surface area contributed by atoms with Crippen LogP contribution in [-0.2, 0) is 21.6 Å². The van der Waals surface area contributed by atoms with Gasteiger partial charge in [-0.2, -0.15) is 0 Å². The van der Waals surface area contributed by atoms with Crippen molar-refractivity contribution in [3.05, 3.63) is 0 Å². The summed E-state index contributed by atoms with van der Waals surface area (Å²) >= 11 is 0. The molecule has 1 saturated heterocycles. The van der Waals surface area contributed by atoms with E-state index >= 15 is 0 Å². The quantitative estimate of drug-likeness (QED) is 0.503. The maximum atomic E-state index is 10.8. The van der Waals surface area contributed by atoms with Gasteiger partial charge in [0.25, 0.3) is 0 Å². The molecule has 1 rings (SSSR count). The van der Waals surface area contributed by atoms with E-state index in [1.54, 1.807) is 0 Å². The summed E-state index contributed by atoms with van der Waals surface area (Å²) in [5.41, 5.74) is 0. The highest BCUT2D eigenvalue weighted by molar-refractivity contribution is 7.89. The van der Waals surface area contributed by atoms with Crippen molar-refractivity contribution in [3.8, 4) is 0 Å². The third-order valence-electron chi connectivity index (χ3n) is 1.28. The van der Waals surface area contributed by atoms with Gasteiger partial charge in [0, 0.05) is 44.6 Å². The molecule has 4 heteroatoms. The van der Waals surface area contributed by atoms with Crippen molar-refractivity contribution < 1.29 is 8.42 Å². The van der Waals surface area contributed by atoms with Crippen LogP contribution in [0.5, 0.6) is 0 Å². The summed E-state index contributed by atoms with van der Waals surface area (Å²) in [4.78, 5) is 0. The number of rotatable bonds is 0. The van der Waals surface area contributed by atoms with E-state index < -0.39 is 21.6 Å². The lowest BCUT2D eigenvalue weighted by Crippen LogP contribution is -2.04. The lowest BCUT2D eigenvalue weighted by atomic mass is 10.6. The van der Waals surface area contributed by atoms with Crippen LogP contribution < -0.4 is 0 Å². The minimum atomic E-state index is -0.671.